The van der Waals surface area contributed by atoms with Gasteiger partial charge in [-0.05, 0) is 24.1 Å². The summed E-state index contributed by atoms with van der Waals surface area (Å²) in [5.74, 6) is 0.300. The van der Waals surface area contributed by atoms with E-state index in [-0.39, 0.29) is 5.56 Å². The van der Waals surface area contributed by atoms with E-state index < -0.39 is 0 Å². The van der Waals surface area contributed by atoms with Crippen molar-refractivity contribution in [3.05, 3.63) is 49.9 Å². The summed E-state index contributed by atoms with van der Waals surface area (Å²) >= 11 is 11.9. The summed E-state index contributed by atoms with van der Waals surface area (Å²) in [5.41, 5.74) is 1.22. The molecule has 0 aliphatic rings. The zero-order valence-electron chi connectivity index (χ0n) is 14.0. The number of hydrogen-bond donors (Lipinski definition) is 4. The fraction of sp³-hybridized carbons (Fsp3) is 0.353. The van der Waals surface area contributed by atoms with Crippen LogP contribution >= 0.6 is 23.2 Å². The number of hydrogen-bond acceptors (Lipinski definition) is 5. The SMILES string of the molecule is CCCCCNc1c(C=N)nc(NCc2ccc(Cl)c(Cl)c2)[nH]c1=O. The molecule has 2 rings (SSSR count). The molecule has 0 saturated heterocycles. The first-order chi connectivity index (χ1) is 12.0. The molecule has 1 aromatic heterocycles. The molecule has 134 valence electrons. The third-order valence-corrected chi connectivity index (χ3v) is 4.35. The summed E-state index contributed by atoms with van der Waals surface area (Å²) in [6, 6.07) is 5.29. The first-order valence-corrected chi connectivity index (χ1v) is 8.87. The highest BCUT2D eigenvalue weighted by Gasteiger charge is 2.09. The molecule has 25 heavy (non-hydrogen) atoms. The summed E-state index contributed by atoms with van der Waals surface area (Å²) in [4.78, 5) is 19.2. The van der Waals surface area contributed by atoms with Gasteiger partial charge in [-0.1, -0.05) is 49.0 Å². The van der Waals surface area contributed by atoms with Crippen molar-refractivity contribution in [3.8, 4) is 0 Å². The van der Waals surface area contributed by atoms with E-state index in [1.165, 1.54) is 0 Å². The van der Waals surface area contributed by atoms with Crippen LogP contribution in [-0.2, 0) is 6.54 Å². The second-order valence-electron chi connectivity index (χ2n) is 5.56. The number of H-pyrrole nitrogens is 1. The van der Waals surface area contributed by atoms with Crippen LogP contribution in [0.5, 0.6) is 0 Å². The molecule has 6 nitrogen and oxygen atoms in total. The number of aromatic amines is 1. The Morgan fingerprint density at radius 3 is 2.72 bits per heavy atom. The number of aromatic nitrogens is 2. The normalized spacial score (nSPS) is 10.5. The Balaban J connectivity index is 2.08. The standard InChI is InChI=1S/C17H21Cl2N5O/c1-2-3-4-7-21-15-14(9-20)23-17(24-16(15)25)22-10-11-5-6-12(18)13(19)8-11/h5-6,8-9,20-21H,2-4,7,10H2,1H3,(H2,22,23,24,25). The first kappa shape index (κ1) is 19.3. The topological polar surface area (TPSA) is 93.7 Å². The molecule has 0 saturated carbocycles. The van der Waals surface area contributed by atoms with Gasteiger partial charge in [0.15, 0.2) is 0 Å². The minimum Gasteiger partial charge on any atom is -0.379 e. The molecule has 0 fully saturated rings. The molecule has 4 N–H and O–H groups in total. The van der Waals surface area contributed by atoms with Crippen molar-refractivity contribution < 1.29 is 0 Å². The molecule has 0 aliphatic heterocycles. The Labute approximate surface area is 156 Å². The number of unbranched alkanes of at least 4 members (excludes halogenated alkanes) is 2. The lowest BCUT2D eigenvalue weighted by Crippen LogP contribution is -2.21. The molecule has 0 aliphatic carbocycles. The summed E-state index contributed by atoms with van der Waals surface area (Å²) in [6.07, 6.45) is 4.22. The van der Waals surface area contributed by atoms with Gasteiger partial charge in [0.25, 0.3) is 5.56 Å². The molecular formula is C17H21Cl2N5O. The van der Waals surface area contributed by atoms with Crippen molar-refractivity contribution in [2.24, 2.45) is 0 Å². The lowest BCUT2D eigenvalue weighted by molar-refractivity contribution is 0.742. The van der Waals surface area contributed by atoms with E-state index in [0.29, 0.717) is 40.5 Å². The lowest BCUT2D eigenvalue weighted by atomic mass is 10.2. The van der Waals surface area contributed by atoms with Crippen LogP contribution in [0.15, 0.2) is 23.0 Å². The minimum absolute atomic E-state index is 0.300. The zero-order valence-corrected chi connectivity index (χ0v) is 15.5. The van der Waals surface area contributed by atoms with E-state index in [1.54, 1.807) is 12.1 Å². The van der Waals surface area contributed by atoms with Gasteiger partial charge in [-0.2, -0.15) is 0 Å². The predicted molar refractivity (Wildman–Crippen MR) is 105 cm³/mol. The fourth-order valence-electron chi connectivity index (χ4n) is 2.27. The molecule has 0 bridgehead atoms. The summed E-state index contributed by atoms with van der Waals surface area (Å²) in [7, 11) is 0. The third-order valence-electron chi connectivity index (χ3n) is 3.61. The minimum atomic E-state index is -0.304. The quantitative estimate of drug-likeness (QED) is 0.385. The second-order valence-corrected chi connectivity index (χ2v) is 6.37. The molecule has 0 atom stereocenters. The Hall–Kier alpha value is -2.05. The number of halogens is 2. The Morgan fingerprint density at radius 2 is 2.04 bits per heavy atom. The van der Waals surface area contributed by atoms with Crippen LogP contribution in [-0.4, -0.2) is 22.7 Å². The van der Waals surface area contributed by atoms with Crippen molar-refractivity contribution >= 4 is 41.1 Å². The monoisotopic (exact) mass is 381 g/mol. The Kier molecular flexibility index (Phi) is 7.28. The Morgan fingerprint density at radius 1 is 1.24 bits per heavy atom. The maximum atomic E-state index is 12.3. The number of nitrogens with zero attached hydrogens (tertiary/aromatic N) is 1. The molecular weight excluding hydrogens is 361 g/mol. The lowest BCUT2D eigenvalue weighted by Gasteiger charge is -2.11. The third kappa shape index (κ3) is 5.47. The maximum Gasteiger partial charge on any atom is 0.276 e. The van der Waals surface area contributed by atoms with Crippen LogP contribution < -0.4 is 16.2 Å². The predicted octanol–water partition coefficient (Wildman–Crippen LogP) is 4.29. The molecule has 0 spiro atoms. The highest BCUT2D eigenvalue weighted by molar-refractivity contribution is 6.42. The first-order valence-electron chi connectivity index (χ1n) is 8.11. The van der Waals surface area contributed by atoms with Crippen molar-refractivity contribution in [1.29, 1.82) is 5.41 Å². The molecule has 1 heterocycles. The van der Waals surface area contributed by atoms with Crippen LogP contribution in [0.3, 0.4) is 0 Å². The molecule has 2 aromatic rings. The summed E-state index contributed by atoms with van der Waals surface area (Å²) < 4.78 is 0. The molecule has 1 aromatic carbocycles. The van der Waals surface area contributed by atoms with E-state index in [0.717, 1.165) is 31.0 Å². The van der Waals surface area contributed by atoms with Gasteiger partial charge in [-0.3, -0.25) is 9.78 Å². The largest absolute Gasteiger partial charge is 0.379 e. The maximum absolute atomic E-state index is 12.3. The van der Waals surface area contributed by atoms with E-state index in [1.807, 2.05) is 6.07 Å². The van der Waals surface area contributed by atoms with E-state index in [4.69, 9.17) is 28.6 Å². The number of rotatable bonds is 9. The highest BCUT2D eigenvalue weighted by atomic mass is 35.5. The zero-order chi connectivity index (χ0) is 18.2. The highest BCUT2D eigenvalue weighted by Crippen LogP contribution is 2.22. The van der Waals surface area contributed by atoms with Crippen LogP contribution in [0.4, 0.5) is 11.6 Å². The van der Waals surface area contributed by atoms with Gasteiger partial charge in [-0.15, -0.1) is 0 Å². The fourth-order valence-corrected chi connectivity index (χ4v) is 2.59. The van der Waals surface area contributed by atoms with Crippen molar-refractivity contribution in [2.75, 3.05) is 17.2 Å². The smallest absolute Gasteiger partial charge is 0.276 e. The number of nitrogens with one attached hydrogen (secondary N) is 4. The molecule has 0 amide bonds. The van der Waals surface area contributed by atoms with E-state index >= 15 is 0 Å². The van der Waals surface area contributed by atoms with Gasteiger partial charge in [0, 0.05) is 19.3 Å². The van der Waals surface area contributed by atoms with Crippen molar-refractivity contribution in [1.82, 2.24) is 9.97 Å². The van der Waals surface area contributed by atoms with Gasteiger partial charge in [-0.25, -0.2) is 4.98 Å². The van der Waals surface area contributed by atoms with Gasteiger partial charge in [0.1, 0.15) is 11.4 Å². The van der Waals surface area contributed by atoms with E-state index in [9.17, 15) is 4.79 Å². The molecule has 0 unspecified atom stereocenters. The number of anilines is 2. The molecule has 0 radical (unpaired) electrons. The number of benzene rings is 1. The average molecular weight is 382 g/mol. The van der Waals surface area contributed by atoms with Crippen molar-refractivity contribution in [2.45, 2.75) is 32.7 Å². The Bertz CT molecular complexity index is 791. The van der Waals surface area contributed by atoms with Crippen LogP contribution in [0.25, 0.3) is 0 Å². The van der Waals surface area contributed by atoms with Gasteiger partial charge >= 0.3 is 0 Å². The molecule has 8 heteroatoms. The summed E-state index contributed by atoms with van der Waals surface area (Å²) in [6.45, 7) is 3.21. The van der Waals surface area contributed by atoms with Gasteiger partial charge in [0.05, 0.1) is 10.0 Å². The van der Waals surface area contributed by atoms with Crippen LogP contribution in [0.1, 0.15) is 37.4 Å². The van der Waals surface area contributed by atoms with Crippen LogP contribution in [0, 0.1) is 5.41 Å². The summed E-state index contributed by atoms with van der Waals surface area (Å²) in [5, 5.41) is 14.5. The van der Waals surface area contributed by atoms with Crippen LogP contribution in [0.2, 0.25) is 10.0 Å². The average Bonchev–Trinajstić information content (AvgIpc) is 2.60. The van der Waals surface area contributed by atoms with Crippen molar-refractivity contribution in [3.63, 3.8) is 0 Å². The van der Waals surface area contributed by atoms with Gasteiger partial charge in [0.2, 0.25) is 5.95 Å². The second kappa shape index (κ2) is 9.44. The van der Waals surface area contributed by atoms with Gasteiger partial charge < -0.3 is 16.0 Å². The van der Waals surface area contributed by atoms with E-state index in [2.05, 4.69) is 27.5 Å².